The van der Waals surface area contributed by atoms with Crippen LogP contribution in [0.15, 0.2) is 35.3 Å². The topological polar surface area (TPSA) is 39.1 Å². The quantitative estimate of drug-likeness (QED) is 0.728. The molecule has 0 bridgehead atoms. The van der Waals surface area contributed by atoms with Gasteiger partial charge in [0.25, 0.3) is 0 Å². The number of aliphatic hydroxyl groups excluding tert-OH is 1. The van der Waals surface area contributed by atoms with Crippen molar-refractivity contribution in [2.45, 2.75) is 40.2 Å². The van der Waals surface area contributed by atoms with Gasteiger partial charge in [0.15, 0.2) is 0 Å². The Labute approximate surface area is 146 Å². The van der Waals surface area contributed by atoms with Crippen molar-refractivity contribution in [1.29, 1.82) is 0 Å². The molecule has 0 fully saturated rings. The van der Waals surface area contributed by atoms with E-state index in [9.17, 15) is 5.11 Å². The van der Waals surface area contributed by atoms with Crippen LogP contribution in [0.1, 0.15) is 33.3 Å². The van der Waals surface area contributed by atoms with Crippen LogP contribution in [0.4, 0.5) is 11.4 Å². The minimum Gasteiger partial charge on any atom is -0.394 e. The Bertz CT molecular complexity index is 593. The third-order valence-electron chi connectivity index (χ3n) is 4.61. The van der Waals surface area contributed by atoms with Crippen LogP contribution in [0.5, 0.6) is 0 Å². The molecule has 1 atom stereocenters. The molecule has 0 amide bonds. The molecular weight excluding hydrogens is 298 g/mol. The predicted molar refractivity (Wildman–Crippen MR) is 103 cm³/mol. The van der Waals surface area contributed by atoms with Gasteiger partial charge in [-0.15, -0.1) is 0 Å². The monoisotopic (exact) mass is 329 g/mol. The summed E-state index contributed by atoms with van der Waals surface area (Å²) in [4.78, 5) is 9.64. The van der Waals surface area contributed by atoms with Gasteiger partial charge < -0.3 is 14.9 Å². The highest BCUT2D eigenvalue weighted by Gasteiger charge is 2.28. The third kappa shape index (κ3) is 4.18. The van der Waals surface area contributed by atoms with E-state index in [1.807, 2.05) is 18.2 Å². The lowest BCUT2D eigenvalue weighted by molar-refractivity contribution is 0.264. The summed E-state index contributed by atoms with van der Waals surface area (Å²) in [6.07, 6.45) is 0.776. The van der Waals surface area contributed by atoms with Gasteiger partial charge >= 0.3 is 0 Å². The molecule has 2 aromatic rings. The lowest BCUT2D eigenvalue weighted by atomic mass is 10.1. The fourth-order valence-corrected chi connectivity index (χ4v) is 3.18. The van der Waals surface area contributed by atoms with Gasteiger partial charge in [-0.05, 0) is 39.7 Å². The van der Waals surface area contributed by atoms with Gasteiger partial charge in [-0.1, -0.05) is 30.3 Å². The van der Waals surface area contributed by atoms with E-state index in [-0.39, 0.29) is 12.6 Å². The molecular formula is C20H31N3O. The Balaban J connectivity index is 2.28. The van der Waals surface area contributed by atoms with Crippen molar-refractivity contribution in [1.82, 2.24) is 0 Å². The van der Waals surface area contributed by atoms with Gasteiger partial charge in [-0.2, -0.15) is 0 Å². The zero-order valence-corrected chi connectivity index (χ0v) is 15.5. The summed E-state index contributed by atoms with van der Waals surface area (Å²) >= 11 is 0. The Hall–Kier alpha value is -1.81. The smallest absolute Gasteiger partial charge is 0.109 e. The second-order valence-electron chi connectivity index (χ2n) is 6.05. The third-order valence-corrected chi connectivity index (χ3v) is 4.61. The summed E-state index contributed by atoms with van der Waals surface area (Å²) in [5.41, 5.74) is 3.76. The molecule has 24 heavy (non-hydrogen) atoms. The minimum atomic E-state index is -0.0824. The Morgan fingerprint density at radius 2 is 1.38 bits per heavy atom. The summed E-state index contributed by atoms with van der Waals surface area (Å²) in [5, 5.41) is 10.9. The number of anilines is 2. The molecule has 4 nitrogen and oxygen atoms in total. The second kappa shape index (κ2) is 8.88. The summed E-state index contributed by atoms with van der Waals surface area (Å²) < 4.78 is 0. The SMILES string of the molecule is CCN(CC)c1c(N(CC)CC)c1=NC(CO)Cc1ccccc1. The molecule has 0 heterocycles. The van der Waals surface area contributed by atoms with Crippen LogP contribution >= 0.6 is 0 Å². The summed E-state index contributed by atoms with van der Waals surface area (Å²) in [5.74, 6) is 0. The number of aliphatic hydroxyl groups is 1. The van der Waals surface area contributed by atoms with E-state index < -0.39 is 0 Å². The summed E-state index contributed by atoms with van der Waals surface area (Å²) in [7, 11) is 0. The van der Waals surface area contributed by atoms with Crippen molar-refractivity contribution < 1.29 is 5.11 Å². The molecule has 132 valence electrons. The first-order valence-electron chi connectivity index (χ1n) is 9.17. The number of benzene rings is 1. The first-order chi connectivity index (χ1) is 11.7. The normalized spacial score (nSPS) is 12.4. The summed E-state index contributed by atoms with van der Waals surface area (Å²) in [6, 6.07) is 10.2. The van der Waals surface area contributed by atoms with Gasteiger partial charge in [0, 0.05) is 26.2 Å². The van der Waals surface area contributed by atoms with Gasteiger partial charge in [0.1, 0.15) is 5.36 Å². The molecule has 1 N–H and O–H groups in total. The fraction of sp³-hybridized carbons (Fsp3) is 0.550. The van der Waals surface area contributed by atoms with Crippen LogP contribution in [-0.2, 0) is 6.42 Å². The average molecular weight is 329 g/mol. The van der Waals surface area contributed by atoms with E-state index in [0.29, 0.717) is 0 Å². The van der Waals surface area contributed by atoms with Gasteiger partial charge in [0.2, 0.25) is 0 Å². The fourth-order valence-electron chi connectivity index (χ4n) is 3.18. The summed E-state index contributed by atoms with van der Waals surface area (Å²) in [6.45, 7) is 12.7. The molecule has 0 aliphatic carbocycles. The molecule has 2 rings (SSSR count). The average Bonchev–Trinajstić information content (AvgIpc) is 3.30. The number of hydrogen-bond donors (Lipinski definition) is 1. The second-order valence-corrected chi connectivity index (χ2v) is 6.05. The van der Waals surface area contributed by atoms with E-state index in [2.05, 4.69) is 49.6 Å². The van der Waals surface area contributed by atoms with Crippen molar-refractivity contribution in [3.05, 3.63) is 41.3 Å². The van der Waals surface area contributed by atoms with Crippen LogP contribution in [0.3, 0.4) is 0 Å². The van der Waals surface area contributed by atoms with Crippen molar-refractivity contribution in [3.8, 4) is 0 Å². The molecule has 0 saturated carbocycles. The Morgan fingerprint density at radius 3 is 1.79 bits per heavy atom. The van der Waals surface area contributed by atoms with Crippen LogP contribution in [0, 0.1) is 0 Å². The lowest BCUT2D eigenvalue weighted by Gasteiger charge is -2.19. The zero-order valence-electron chi connectivity index (χ0n) is 15.5. The van der Waals surface area contributed by atoms with E-state index in [0.717, 1.165) is 38.0 Å². The van der Waals surface area contributed by atoms with E-state index in [4.69, 9.17) is 4.99 Å². The van der Waals surface area contributed by atoms with Gasteiger partial charge in [-0.3, -0.25) is 4.99 Å². The standard InChI is InChI=1S/C20H31N3O/c1-5-22(6-2)19-18(20(19)23(7-3)8-4)21-17(15-24)14-16-12-10-9-11-13-16/h9-13,17,24H,5-8,14-15H2,1-4H3. The molecule has 0 aliphatic heterocycles. The minimum absolute atomic E-state index is 0.0788. The van der Waals surface area contributed by atoms with E-state index in [1.165, 1.54) is 16.9 Å². The van der Waals surface area contributed by atoms with Crippen LogP contribution in [-0.4, -0.2) is 43.9 Å². The van der Waals surface area contributed by atoms with Crippen molar-refractivity contribution >= 4 is 11.4 Å². The lowest BCUT2D eigenvalue weighted by Crippen LogP contribution is -2.23. The van der Waals surface area contributed by atoms with Crippen molar-refractivity contribution in [2.24, 2.45) is 4.99 Å². The molecule has 0 saturated heterocycles. The molecule has 2 aromatic carbocycles. The highest BCUT2D eigenvalue weighted by atomic mass is 16.3. The van der Waals surface area contributed by atoms with Crippen molar-refractivity contribution in [2.75, 3.05) is 42.6 Å². The maximum atomic E-state index is 9.79. The number of rotatable bonds is 10. The van der Waals surface area contributed by atoms with Crippen LogP contribution < -0.4 is 15.2 Å². The van der Waals surface area contributed by atoms with Crippen LogP contribution in [0.25, 0.3) is 0 Å². The predicted octanol–water partition coefficient (Wildman–Crippen LogP) is 2.76. The van der Waals surface area contributed by atoms with Crippen molar-refractivity contribution in [3.63, 3.8) is 0 Å². The molecule has 0 spiro atoms. The van der Waals surface area contributed by atoms with Gasteiger partial charge in [0.05, 0.1) is 24.0 Å². The molecule has 0 aromatic heterocycles. The van der Waals surface area contributed by atoms with E-state index >= 15 is 0 Å². The first kappa shape index (κ1) is 18.5. The first-order valence-corrected chi connectivity index (χ1v) is 9.17. The Morgan fingerprint density at radius 1 is 0.875 bits per heavy atom. The highest BCUT2D eigenvalue weighted by molar-refractivity contribution is 5.85. The largest absolute Gasteiger partial charge is 0.394 e. The molecule has 4 heteroatoms. The highest BCUT2D eigenvalue weighted by Crippen LogP contribution is 2.32. The van der Waals surface area contributed by atoms with E-state index in [1.54, 1.807) is 0 Å². The molecule has 1 unspecified atom stereocenters. The maximum Gasteiger partial charge on any atom is 0.109 e. The Kier molecular flexibility index (Phi) is 6.85. The van der Waals surface area contributed by atoms with Crippen LogP contribution in [0.2, 0.25) is 0 Å². The van der Waals surface area contributed by atoms with Gasteiger partial charge in [-0.25, -0.2) is 0 Å². The number of nitrogens with zero attached hydrogens (tertiary/aromatic N) is 3. The molecule has 0 aliphatic rings. The number of hydrogen-bond acceptors (Lipinski definition) is 4. The maximum absolute atomic E-state index is 9.79. The molecule has 0 radical (unpaired) electrons. The zero-order chi connectivity index (χ0) is 17.5.